The molecule has 2 rings (SSSR count). The van der Waals surface area contributed by atoms with Gasteiger partial charge in [0.15, 0.2) is 5.75 Å². The molecule has 4 N–H and O–H groups in total. The first kappa shape index (κ1) is 36.1. The molecule has 1 heterocycles. The first-order chi connectivity index (χ1) is 19.7. The summed E-state index contributed by atoms with van der Waals surface area (Å²) in [4.78, 5) is 51.0. The number of carbonyl (C=O) groups excluding carboxylic acids is 4. The van der Waals surface area contributed by atoms with E-state index in [-0.39, 0.29) is 37.9 Å². The van der Waals surface area contributed by atoms with Gasteiger partial charge >= 0.3 is 18.2 Å². The molecular formula is C27H40ClN3O11S. The summed E-state index contributed by atoms with van der Waals surface area (Å²) in [5.74, 6) is -3.23. The molecule has 0 radical (unpaired) electrons. The first-order valence-corrected chi connectivity index (χ1v) is 15.4. The third-order valence-corrected chi connectivity index (χ3v) is 7.89. The lowest BCUT2D eigenvalue weighted by Gasteiger charge is -2.51. The van der Waals surface area contributed by atoms with Crippen LogP contribution in [0.1, 0.15) is 53.5 Å². The Hall–Kier alpha value is -3.14. The Kier molecular flexibility index (Phi) is 11.8. The second-order valence-electron chi connectivity index (χ2n) is 11.9. The molecule has 14 nitrogen and oxygen atoms in total. The minimum Gasteiger partial charge on any atom is -0.427 e. The molecule has 43 heavy (non-hydrogen) atoms. The van der Waals surface area contributed by atoms with E-state index in [0.29, 0.717) is 10.6 Å². The van der Waals surface area contributed by atoms with E-state index in [1.165, 1.54) is 13.8 Å². The molecule has 0 spiro atoms. The molecule has 1 aromatic rings. The molecular weight excluding hydrogens is 610 g/mol. The van der Waals surface area contributed by atoms with Crippen molar-refractivity contribution in [2.45, 2.75) is 65.2 Å². The van der Waals surface area contributed by atoms with E-state index in [0.717, 1.165) is 0 Å². The summed E-state index contributed by atoms with van der Waals surface area (Å²) in [7, 11) is -4.60. The maximum Gasteiger partial charge on any atom is 0.511 e. The van der Waals surface area contributed by atoms with Crippen molar-refractivity contribution in [1.82, 2.24) is 15.5 Å². The smallest absolute Gasteiger partial charge is 0.427 e. The predicted molar refractivity (Wildman–Crippen MR) is 155 cm³/mol. The minimum atomic E-state index is -4.60. The predicted octanol–water partition coefficient (Wildman–Crippen LogP) is 2.43. The second-order valence-corrected chi connectivity index (χ2v) is 13.8. The van der Waals surface area contributed by atoms with Crippen molar-refractivity contribution < 1.29 is 51.5 Å². The largest absolute Gasteiger partial charge is 0.511 e. The highest BCUT2D eigenvalue weighted by atomic mass is 35.5. The molecule has 1 aliphatic rings. The molecule has 1 aliphatic heterocycles. The fourth-order valence-electron chi connectivity index (χ4n) is 4.59. The van der Waals surface area contributed by atoms with Gasteiger partial charge in [-0.05, 0) is 43.9 Å². The second kappa shape index (κ2) is 14.1. The summed E-state index contributed by atoms with van der Waals surface area (Å²) in [5.41, 5.74) is -2.50. The van der Waals surface area contributed by atoms with Crippen LogP contribution in [0.25, 0.3) is 0 Å². The third-order valence-electron chi connectivity index (χ3n) is 7.03. The van der Waals surface area contributed by atoms with E-state index in [4.69, 9.17) is 20.9 Å². The van der Waals surface area contributed by atoms with Crippen molar-refractivity contribution >= 4 is 45.8 Å². The Balaban J connectivity index is 1.92. The van der Waals surface area contributed by atoms with Crippen LogP contribution in [0.15, 0.2) is 24.3 Å². The van der Waals surface area contributed by atoms with Crippen LogP contribution in [0.4, 0.5) is 9.59 Å². The highest BCUT2D eigenvalue weighted by molar-refractivity contribution is 7.86. The highest BCUT2D eigenvalue weighted by Gasteiger charge is 2.50. The summed E-state index contributed by atoms with van der Waals surface area (Å²) in [6, 6.07) is 5.40. The number of benzene rings is 1. The molecule has 1 aromatic carbocycles. The quantitative estimate of drug-likeness (QED) is 0.156. The van der Waals surface area contributed by atoms with Crippen LogP contribution in [-0.4, -0.2) is 90.9 Å². The van der Waals surface area contributed by atoms with Gasteiger partial charge in [-0.3, -0.25) is 14.1 Å². The molecule has 0 unspecified atom stereocenters. The van der Waals surface area contributed by atoms with Crippen LogP contribution >= 0.6 is 11.6 Å². The molecule has 0 saturated carbocycles. The van der Waals surface area contributed by atoms with Crippen molar-refractivity contribution in [3.8, 4) is 0 Å². The average Bonchev–Trinajstić information content (AvgIpc) is 2.86. The van der Waals surface area contributed by atoms with E-state index >= 15 is 0 Å². The van der Waals surface area contributed by atoms with E-state index in [1.807, 2.05) is 13.8 Å². The van der Waals surface area contributed by atoms with Crippen LogP contribution < -0.4 is 10.6 Å². The van der Waals surface area contributed by atoms with Crippen molar-refractivity contribution in [1.29, 1.82) is 0 Å². The fourth-order valence-corrected chi connectivity index (χ4v) is 5.10. The van der Waals surface area contributed by atoms with Gasteiger partial charge in [-0.25, -0.2) is 9.59 Å². The summed E-state index contributed by atoms with van der Waals surface area (Å²) >= 11 is 6.01. The number of urea groups is 1. The number of aliphatic hydroxyl groups is 1. The number of rotatable bonds is 11. The first-order valence-electron chi connectivity index (χ1n) is 13.4. The van der Waals surface area contributed by atoms with Crippen LogP contribution in [0.2, 0.25) is 5.02 Å². The van der Waals surface area contributed by atoms with E-state index in [9.17, 15) is 32.7 Å². The molecule has 1 fully saturated rings. The van der Waals surface area contributed by atoms with Gasteiger partial charge in [-0.15, -0.1) is 0 Å². The van der Waals surface area contributed by atoms with Gasteiger partial charge in [-0.2, -0.15) is 8.42 Å². The SMILES string of the molecule is CC(C)[C@@H](NC(=O)NCC(C)(C)OC(=O)OCOC(=O)CS(=O)(=O)O)C(=O)N1CC[C@](O)(c2ccc(Cl)cc2)C(C)(C)C1. The zero-order valence-electron chi connectivity index (χ0n) is 25.0. The number of carbonyl (C=O) groups is 4. The van der Waals surface area contributed by atoms with Crippen molar-refractivity contribution in [3.63, 3.8) is 0 Å². The number of halogens is 1. The number of hydrogen-bond acceptors (Lipinski definition) is 10. The molecule has 16 heteroatoms. The molecule has 1 saturated heterocycles. The Morgan fingerprint density at radius 3 is 2.26 bits per heavy atom. The molecule has 2 atom stereocenters. The number of piperidine rings is 1. The van der Waals surface area contributed by atoms with Gasteiger partial charge < -0.3 is 34.9 Å². The molecule has 0 bridgehead atoms. The number of nitrogens with one attached hydrogen (secondary N) is 2. The van der Waals surface area contributed by atoms with Gasteiger partial charge in [0.2, 0.25) is 12.7 Å². The van der Waals surface area contributed by atoms with Crippen molar-refractivity contribution in [2.24, 2.45) is 11.3 Å². The van der Waals surface area contributed by atoms with E-state index in [1.54, 1.807) is 43.0 Å². The highest BCUT2D eigenvalue weighted by Crippen LogP contribution is 2.46. The Bertz CT molecular complexity index is 1290. The molecule has 3 amide bonds. The Morgan fingerprint density at radius 2 is 1.72 bits per heavy atom. The van der Waals surface area contributed by atoms with E-state index < -0.39 is 63.5 Å². The maximum atomic E-state index is 13.5. The number of nitrogens with zero attached hydrogens (tertiary/aromatic N) is 1. The summed E-state index contributed by atoms with van der Waals surface area (Å²) in [6.45, 7) is 9.60. The number of amides is 3. The number of esters is 1. The van der Waals surface area contributed by atoms with E-state index in [2.05, 4.69) is 20.1 Å². The standard InChI is InChI=1S/C27H40ClN3O11S/c1-17(2)21(22(33)31-12-11-27(36,25(3,4)15-31)18-7-9-19(28)10-8-18)30-23(34)29-14-26(5,6)42-24(35)41-16-40-20(32)13-43(37,38)39/h7-10,17,21,36H,11-16H2,1-6H3,(H2,29,30,34)(H,37,38,39)/t21-,27+/m1/s1. The summed E-state index contributed by atoms with van der Waals surface area (Å²) in [6.07, 6.45) is -0.987. The fraction of sp³-hybridized carbons (Fsp3) is 0.630. The van der Waals surface area contributed by atoms with Crippen LogP contribution in [0, 0.1) is 11.3 Å². The number of likely N-dealkylation sites (tertiary alicyclic amines) is 1. The van der Waals surface area contributed by atoms with Gasteiger partial charge in [0.05, 0.1) is 12.1 Å². The van der Waals surface area contributed by atoms with Crippen LogP contribution in [-0.2, 0) is 39.5 Å². The normalized spacial score (nSPS) is 19.3. The lowest BCUT2D eigenvalue weighted by molar-refractivity contribution is -0.155. The van der Waals surface area contributed by atoms with Crippen molar-refractivity contribution in [3.05, 3.63) is 34.9 Å². The number of ether oxygens (including phenoxy) is 3. The van der Waals surface area contributed by atoms with Gasteiger partial charge in [0.25, 0.3) is 10.1 Å². The topological polar surface area (TPSA) is 198 Å². The van der Waals surface area contributed by atoms with Crippen LogP contribution in [0.3, 0.4) is 0 Å². The molecule has 242 valence electrons. The zero-order chi connectivity index (χ0) is 32.8. The zero-order valence-corrected chi connectivity index (χ0v) is 26.6. The molecule has 0 aromatic heterocycles. The lowest BCUT2D eigenvalue weighted by atomic mass is 9.66. The Morgan fingerprint density at radius 1 is 1.12 bits per heavy atom. The lowest BCUT2D eigenvalue weighted by Crippen LogP contribution is -2.61. The van der Waals surface area contributed by atoms with Gasteiger partial charge in [0, 0.05) is 23.5 Å². The minimum absolute atomic E-state index is 0.194. The summed E-state index contributed by atoms with van der Waals surface area (Å²) < 4.78 is 43.8. The monoisotopic (exact) mass is 649 g/mol. The van der Waals surface area contributed by atoms with Gasteiger partial charge in [-0.1, -0.05) is 51.4 Å². The van der Waals surface area contributed by atoms with Gasteiger partial charge in [0.1, 0.15) is 11.6 Å². The third kappa shape index (κ3) is 10.5. The Labute approximate surface area is 256 Å². The number of hydrogen-bond donors (Lipinski definition) is 4. The summed E-state index contributed by atoms with van der Waals surface area (Å²) in [5, 5.41) is 17.4. The average molecular weight is 650 g/mol. The van der Waals surface area contributed by atoms with Crippen LogP contribution in [0.5, 0.6) is 0 Å². The molecule has 0 aliphatic carbocycles. The van der Waals surface area contributed by atoms with Crippen molar-refractivity contribution in [2.75, 3.05) is 32.2 Å². The maximum absolute atomic E-state index is 13.5.